The lowest BCUT2D eigenvalue weighted by atomic mass is 9.97. The molecule has 7 nitrogen and oxygen atoms in total. The zero-order valence-corrected chi connectivity index (χ0v) is 18.3. The molecule has 0 bridgehead atoms. The molecule has 162 valence electrons. The number of hydrogen-bond donors (Lipinski definition) is 0. The largest absolute Gasteiger partial charge is 0.482 e. The molecule has 1 aliphatic rings. The smallest absolute Gasteiger partial charge is 0.411 e. The van der Waals surface area contributed by atoms with Crippen molar-refractivity contribution >= 4 is 23.4 Å². The molecule has 1 atom stereocenters. The van der Waals surface area contributed by atoms with E-state index >= 15 is 0 Å². The SMILES string of the molecule is CCOC(=O)COc1ccc(F)cc1C1c2scnc2CCN1C(=O)OC(C)(C)C. The van der Waals surface area contributed by atoms with E-state index in [1.54, 1.807) is 38.1 Å². The Hall–Kier alpha value is -2.68. The Morgan fingerprint density at radius 1 is 1.33 bits per heavy atom. The number of thiazole rings is 1. The Labute approximate surface area is 178 Å². The van der Waals surface area contributed by atoms with Crippen molar-refractivity contribution in [1.29, 1.82) is 0 Å². The zero-order valence-electron chi connectivity index (χ0n) is 17.4. The van der Waals surface area contributed by atoms with E-state index in [1.807, 2.05) is 0 Å². The highest BCUT2D eigenvalue weighted by Crippen LogP contribution is 2.41. The number of nitrogens with zero attached hydrogens (tertiary/aromatic N) is 2. The van der Waals surface area contributed by atoms with Crippen molar-refractivity contribution in [3.63, 3.8) is 0 Å². The van der Waals surface area contributed by atoms with Gasteiger partial charge in [-0.15, -0.1) is 11.3 Å². The quantitative estimate of drug-likeness (QED) is 0.657. The predicted molar refractivity (Wildman–Crippen MR) is 109 cm³/mol. The van der Waals surface area contributed by atoms with Crippen molar-refractivity contribution in [3.8, 4) is 5.75 Å². The molecule has 0 N–H and O–H groups in total. The third-order valence-corrected chi connectivity index (χ3v) is 5.29. The standard InChI is InChI=1S/C21H25FN2O5S/c1-5-27-17(25)11-28-16-7-6-13(22)10-14(16)18-19-15(23-12-30-19)8-9-24(18)20(26)29-21(2,3)4/h6-7,10,12,18H,5,8-9,11H2,1-4H3. The summed E-state index contributed by atoms with van der Waals surface area (Å²) in [6.07, 6.45) is 0.0651. The van der Waals surface area contributed by atoms with Gasteiger partial charge in [-0.2, -0.15) is 0 Å². The molecule has 2 aromatic rings. The maximum absolute atomic E-state index is 14.2. The predicted octanol–water partition coefficient (Wildman–Crippen LogP) is 4.11. The molecule has 0 spiro atoms. The Morgan fingerprint density at radius 3 is 2.80 bits per heavy atom. The van der Waals surface area contributed by atoms with Crippen LogP contribution in [0.3, 0.4) is 0 Å². The van der Waals surface area contributed by atoms with Crippen LogP contribution in [0.15, 0.2) is 23.7 Å². The van der Waals surface area contributed by atoms with Crippen LogP contribution in [0, 0.1) is 5.82 Å². The number of ether oxygens (including phenoxy) is 3. The summed E-state index contributed by atoms with van der Waals surface area (Å²) in [6, 6.07) is 3.38. The summed E-state index contributed by atoms with van der Waals surface area (Å²) in [7, 11) is 0. The van der Waals surface area contributed by atoms with Crippen molar-refractivity contribution in [2.45, 2.75) is 45.8 Å². The van der Waals surface area contributed by atoms with Crippen LogP contribution in [0.2, 0.25) is 0 Å². The maximum atomic E-state index is 14.2. The summed E-state index contributed by atoms with van der Waals surface area (Å²) >= 11 is 1.38. The van der Waals surface area contributed by atoms with Gasteiger partial charge in [0.15, 0.2) is 6.61 Å². The highest BCUT2D eigenvalue weighted by Gasteiger charge is 2.38. The highest BCUT2D eigenvalue weighted by atomic mass is 32.1. The zero-order chi connectivity index (χ0) is 21.9. The average molecular weight is 437 g/mol. The molecule has 0 saturated heterocycles. The minimum atomic E-state index is -0.680. The molecule has 0 radical (unpaired) electrons. The summed E-state index contributed by atoms with van der Waals surface area (Å²) in [4.78, 5) is 31.5. The minimum Gasteiger partial charge on any atom is -0.482 e. The lowest BCUT2D eigenvalue weighted by Gasteiger charge is -2.37. The van der Waals surface area contributed by atoms with Gasteiger partial charge >= 0.3 is 12.1 Å². The third kappa shape index (κ3) is 5.08. The van der Waals surface area contributed by atoms with Crippen LogP contribution in [0.5, 0.6) is 5.75 Å². The molecule has 3 rings (SSSR count). The van der Waals surface area contributed by atoms with Gasteiger partial charge in [0.25, 0.3) is 0 Å². The first-order chi connectivity index (χ1) is 14.2. The van der Waals surface area contributed by atoms with Gasteiger partial charge in [-0.1, -0.05) is 0 Å². The van der Waals surface area contributed by atoms with Gasteiger partial charge < -0.3 is 14.2 Å². The molecule has 1 aromatic carbocycles. The molecule has 1 aliphatic heterocycles. The topological polar surface area (TPSA) is 78.0 Å². The summed E-state index contributed by atoms with van der Waals surface area (Å²) in [6.45, 7) is 7.35. The van der Waals surface area contributed by atoms with E-state index in [0.29, 0.717) is 24.3 Å². The van der Waals surface area contributed by atoms with Crippen molar-refractivity contribution in [3.05, 3.63) is 45.7 Å². The molecule has 9 heteroatoms. The summed E-state index contributed by atoms with van der Waals surface area (Å²) < 4.78 is 30.4. The number of carbonyl (C=O) groups excluding carboxylic acids is 2. The van der Waals surface area contributed by atoms with Crippen LogP contribution in [-0.4, -0.2) is 47.3 Å². The molecular weight excluding hydrogens is 411 g/mol. The summed E-state index contributed by atoms with van der Waals surface area (Å²) in [5, 5.41) is 0. The Balaban J connectivity index is 2.00. The number of benzene rings is 1. The lowest BCUT2D eigenvalue weighted by molar-refractivity contribution is -0.145. The molecule has 0 fully saturated rings. The van der Waals surface area contributed by atoms with Gasteiger partial charge in [0.05, 0.1) is 22.7 Å². The van der Waals surface area contributed by atoms with Gasteiger partial charge in [0.1, 0.15) is 23.2 Å². The second kappa shape index (κ2) is 8.99. The third-order valence-electron chi connectivity index (χ3n) is 4.37. The van der Waals surface area contributed by atoms with Crippen molar-refractivity contribution in [2.75, 3.05) is 19.8 Å². The average Bonchev–Trinajstić information content (AvgIpc) is 3.14. The maximum Gasteiger partial charge on any atom is 0.411 e. The van der Waals surface area contributed by atoms with Gasteiger partial charge in [-0.25, -0.2) is 19.0 Å². The van der Waals surface area contributed by atoms with E-state index in [2.05, 4.69) is 4.98 Å². The highest BCUT2D eigenvalue weighted by molar-refractivity contribution is 7.09. The molecule has 0 aliphatic carbocycles. The van der Waals surface area contributed by atoms with Gasteiger partial charge in [-0.05, 0) is 45.9 Å². The number of carbonyl (C=O) groups is 2. The van der Waals surface area contributed by atoms with E-state index in [0.717, 1.165) is 10.6 Å². The van der Waals surface area contributed by atoms with E-state index < -0.39 is 29.5 Å². The van der Waals surface area contributed by atoms with Crippen LogP contribution in [0.4, 0.5) is 9.18 Å². The number of hydrogen-bond acceptors (Lipinski definition) is 7. The van der Waals surface area contributed by atoms with Gasteiger partial charge in [0.2, 0.25) is 0 Å². The van der Waals surface area contributed by atoms with E-state index in [9.17, 15) is 14.0 Å². The van der Waals surface area contributed by atoms with E-state index in [-0.39, 0.29) is 13.2 Å². The normalized spacial score (nSPS) is 16.0. The molecule has 0 saturated carbocycles. The summed E-state index contributed by atoms with van der Waals surface area (Å²) in [5.41, 5.74) is 2.30. The second-order valence-corrected chi connectivity index (χ2v) is 8.65. The van der Waals surface area contributed by atoms with E-state index in [1.165, 1.54) is 29.5 Å². The molecule has 30 heavy (non-hydrogen) atoms. The number of rotatable bonds is 5. The first-order valence-corrected chi connectivity index (χ1v) is 10.6. The van der Waals surface area contributed by atoms with Crippen molar-refractivity contribution in [1.82, 2.24) is 9.88 Å². The van der Waals surface area contributed by atoms with Crippen LogP contribution in [-0.2, 0) is 20.7 Å². The Bertz CT molecular complexity index is 924. The lowest BCUT2D eigenvalue weighted by Crippen LogP contribution is -2.43. The van der Waals surface area contributed by atoms with Crippen LogP contribution in [0.1, 0.15) is 49.9 Å². The molecule has 1 amide bonds. The second-order valence-electron chi connectivity index (χ2n) is 7.77. The van der Waals surface area contributed by atoms with Crippen LogP contribution in [0.25, 0.3) is 0 Å². The molecular formula is C21H25FN2O5S. The minimum absolute atomic E-state index is 0.234. The number of aromatic nitrogens is 1. The number of esters is 1. The fraction of sp³-hybridized carbons (Fsp3) is 0.476. The van der Waals surface area contributed by atoms with E-state index in [4.69, 9.17) is 14.2 Å². The fourth-order valence-corrected chi connectivity index (χ4v) is 4.18. The monoisotopic (exact) mass is 436 g/mol. The van der Waals surface area contributed by atoms with Crippen LogP contribution < -0.4 is 4.74 Å². The molecule has 1 aromatic heterocycles. The Morgan fingerprint density at radius 2 is 2.10 bits per heavy atom. The van der Waals surface area contributed by atoms with Crippen LogP contribution >= 0.6 is 11.3 Å². The first kappa shape index (κ1) is 22.0. The first-order valence-electron chi connectivity index (χ1n) is 9.69. The number of fused-ring (bicyclic) bond motifs is 1. The van der Waals surface area contributed by atoms with Gasteiger partial charge in [-0.3, -0.25) is 4.90 Å². The molecule has 1 unspecified atom stereocenters. The fourth-order valence-electron chi connectivity index (χ4n) is 3.22. The van der Waals surface area contributed by atoms with Crippen molar-refractivity contribution < 1.29 is 28.2 Å². The number of amides is 1. The summed E-state index contributed by atoms with van der Waals surface area (Å²) in [5.74, 6) is -0.711. The molecule has 2 heterocycles. The Kier molecular flexibility index (Phi) is 6.60. The van der Waals surface area contributed by atoms with Crippen molar-refractivity contribution in [2.24, 2.45) is 0 Å². The number of halogens is 1. The van der Waals surface area contributed by atoms with Gasteiger partial charge in [0, 0.05) is 18.5 Å².